The quantitative estimate of drug-likeness (QED) is 0.847. The fourth-order valence-corrected chi connectivity index (χ4v) is 2.32. The van der Waals surface area contributed by atoms with Gasteiger partial charge in [-0.1, -0.05) is 12.1 Å². The number of nitrogens with two attached hydrogens (primary N) is 1. The van der Waals surface area contributed by atoms with Crippen LogP contribution in [0.2, 0.25) is 0 Å². The molecule has 1 aromatic carbocycles. The van der Waals surface area contributed by atoms with Crippen LogP contribution in [0.3, 0.4) is 0 Å². The summed E-state index contributed by atoms with van der Waals surface area (Å²) in [6, 6.07) is 6.28. The minimum Gasteiger partial charge on any atom is -0.339 e. The van der Waals surface area contributed by atoms with Crippen molar-refractivity contribution in [3.05, 3.63) is 41.7 Å². The molecule has 0 spiro atoms. The van der Waals surface area contributed by atoms with Crippen molar-refractivity contribution in [2.75, 3.05) is 19.6 Å². The van der Waals surface area contributed by atoms with Gasteiger partial charge in [0.15, 0.2) is 0 Å². The Morgan fingerprint density at radius 1 is 1.58 bits per heavy atom. The van der Waals surface area contributed by atoms with Crippen LogP contribution in [0.1, 0.15) is 18.9 Å². The molecule has 1 amide bonds. The van der Waals surface area contributed by atoms with E-state index in [1.807, 2.05) is 6.92 Å². The topological polar surface area (TPSA) is 46.3 Å². The average molecular weight is 262 g/mol. The SMILES string of the molecule is C/C(=C\C(=O)N1CCC(CN)C1)c1cccc(F)c1. The van der Waals surface area contributed by atoms with Gasteiger partial charge < -0.3 is 10.6 Å². The van der Waals surface area contributed by atoms with Crippen molar-refractivity contribution in [2.24, 2.45) is 11.7 Å². The highest BCUT2D eigenvalue weighted by atomic mass is 19.1. The van der Waals surface area contributed by atoms with Crippen molar-refractivity contribution in [3.8, 4) is 0 Å². The first-order chi connectivity index (χ1) is 9.10. The van der Waals surface area contributed by atoms with Crippen molar-refractivity contribution >= 4 is 11.5 Å². The maximum atomic E-state index is 13.1. The molecule has 102 valence electrons. The summed E-state index contributed by atoms with van der Waals surface area (Å²) in [6.45, 7) is 3.93. The van der Waals surface area contributed by atoms with E-state index in [-0.39, 0.29) is 11.7 Å². The number of amides is 1. The van der Waals surface area contributed by atoms with Gasteiger partial charge in [-0.2, -0.15) is 0 Å². The monoisotopic (exact) mass is 262 g/mol. The first-order valence-corrected chi connectivity index (χ1v) is 6.53. The van der Waals surface area contributed by atoms with E-state index < -0.39 is 0 Å². The lowest BCUT2D eigenvalue weighted by atomic mass is 10.1. The molecule has 0 bridgehead atoms. The molecule has 1 unspecified atom stereocenters. The van der Waals surface area contributed by atoms with Crippen LogP contribution >= 0.6 is 0 Å². The number of nitrogens with zero attached hydrogens (tertiary/aromatic N) is 1. The zero-order valence-corrected chi connectivity index (χ0v) is 11.1. The molecule has 2 N–H and O–H groups in total. The van der Waals surface area contributed by atoms with Crippen LogP contribution in [0.25, 0.3) is 5.57 Å². The summed E-state index contributed by atoms with van der Waals surface area (Å²) in [5, 5.41) is 0. The first-order valence-electron chi connectivity index (χ1n) is 6.53. The number of hydrogen-bond acceptors (Lipinski definition) is 2. The summed E-state index contributed by atoms with van der Waals surface area (Å²) < 4.78 is 13.1. The lowest BCUT2D eigenvalue weighted by Crippen LogP contribution is -2.28. The Morgan fingerprint density at radius 3 is 3.00 bits per heavy atom. The molecule has 1 heterocycles. The highest BCUT2D eigenvalue weighted by Gasteiger charge is 2.24. The number of hydrogen-bond donors (Lipinski definition) is 1. The Morgan fingerprint density at radius 2 is 2.37 bits per heavy atom. The summed E-state index contributed by atoms with van der Waals surface area (Å²) in [6.07, 6.45) is 2.54. The third-order valence-corrected chi connectivity index (χ3v) is 3.55. The molecule has 1 saturated heterocycles. The lowest BCUT2D eigenvalue weighted by molar-refractivity contribution is -0.125. The third kappa shape index (κ3) is 3.41. The Bertz CT molecular complexity index is 499. The molecule has 0 aliphatic carbocycles. The first kappa shape index (κ1) is 13.7. The predicted octanol–water partition coefficient (Wildman–Crippen LogP) is 2.04. The molecule has 3 nitrogen and oxygen atoms in total. The summed E-state index contributed by atoms with van der Waals surface area (Å²) in [4.78, 5) is 13.9. The van der Waals surface area contributed by atoms with Crippen LogP contribution in [0.5, 0.6) is 0 Å². The van der Waals surface area contributed by atoms with Crippen LogP contribution in [0, 0.1) is 11.7 Å². The van der Waals surface area contributed by atoms with Gasteiger partial charge in [0.05, 0.1) is 0 Å². The van der Waals surface area contributed by atoms with E-state index in [2.05, 4.69) is 0 Å². The van der Waals surface area contributed by atoms with Crippen molar-refractivity contribution < 1.29 is 9.18 Å². The van der Waals surface area contributed by atoms with Gasteiger partial charge in [-0.25, -0.2) is 4.39 Å². The molecule has 1 aliphatic heterocycles. The van der Waals surface area contributed by atoms with Gasteiger partial charge in [0.25, 0.3) is 0 Å². The van der Waals surface area contributed by atoms with Crippen LogP contribution < -0.4 is 5.73 Å². The van der Waals surface area contributed by atoms with E-state index in [4.69, 9.17) is 5.73 Å². The summed E-state index contributed by atoms with van der Waals surface area (Å²) >= 11 is 0. The van der Waals surface area contributed by atoms with E-state index >= 15 is 0 Å². The second-order valence-corrected chi connectivity index (χ2v) is 5.01. The molecule has 1 aliphatic rings. The van der Waals surface area contributed by atoms with Gasteiger partial charge in [-0.05, 0) is 49.1 Å². The molecular weight excluding hydrogens is 243 g/mol. The molecule has 2 rings (SSSR count). The largest absolute Gasteiger partial charge is 0.339 e. The van der Waals surface area contributed by atoms with Crippen LogP contribution in [0.4, 0.5) is 4.39 Å². The van der Waals surface area contributed by atoms with Crippen LogP contribution in [-0.4, -0.2) is 30.4 Å². The van der Waals surface area contributed by atoms with Gasteiger partial charge in [0.2, 0.25) is 5.91 Å². The standard InChI is InChI=1S/C15H19FN2O/c1-11(13-3-2-4-14(16)8-13)7-15(19)18-6-5-12(9-17)10-18/h2-4,7-8,12H,5-6,9-10,17H2,1H3/b11-7+. The third-order valence-electron chi connectivity index (χ3n) is 3.55. The number of likely N-dealkylation sites (tertiary alicyclic amines) is 1. The molecular formula is C15H19FN2O. The minimum atomic E-state index is -0.290. The Labute approximate surface area is 112 Å². The van der Waals surface area contributed by atoms with Gasteiger partial charge >= 0.3 is 0 Å². The fraction of sp³-hybridized carbons (Fsp3) is 0.400. The molecule has 1 fully saturated rings. The zero-order valence-electron chi connectivity index (χ0n) is 11.1. The summed E-state index contributed by atoms with van der Waals surface area (Å²) in [7, 11) is 0. The summed E-state index contributed by atoms with van der Waals surface area (Å²) in [5.74, 6) is 0.103. The molecule has 4 heteroatoms. The van der Waals surface area contributed by atoms with Gasteiger partial charge in [-0.15, -0.1) is 0 Å². The second-order valence-electron chi connectivity index (χ2n) is 5.01. The highest BCUT2D eigenvalue weighted by Crippen LogP contribution is 2.18. The normalized spacial score (nSPS) is 19.8. The van der Waals surface area contributed by atoms with Crippen molar-refractivity contribution in [2.45, 2.75) is 13.3 Å². The molecule has 0 radical (unpaired) electrons. The van der Waals surface area contributed by atoms with E-state index in [0.29, 0.717) is 12.5 Å². The Balaban J connectivity index is 2.06. The maximum absolute atomic E-state index is 13.1. The number of carbonyl (C=O) groups excluding carboxylic acids is 1. The molecule has 0 aromatic heterocycles. The molecule has 1 aromatic rings. The fourth-order valence-electron chi connectivity index (χ4n) is 2.32. The van der Waals surface area contributed by atoms with Crippen LogP contribution in [0.15, 0.2) is 30.3 Å². The molecule has 19 heavy (non-hydrogen) atoms. The van der Waals surface area contributed by atoms with Gasteiger partial charge in [-0.3, -0.25) is 4.79 Å². The lowest BCUT2D eigenvalue weighted by Gasteiger charge is -2.14. The maximum Gasteiger partial charge on any atom is 0.246 e. The zero-order chi connectivity index (χ0) is 13.8. The molecule has 0 saturated carbocycles. The van der Waals surface area contributed by atoms with Crippen molar-refractivity contribution in [1.82, 2.24) is 4.90 Å². The van der Waals surface area contributed by atoms with Crippen LogP contribution in [-0.2, 0) is 4.79 Å². The van der Waals surface area contributed by atoms with Crippen molar-refractivity contribution in [3.63, 3.8) is 0 Å². The minimum absolute atomic E-state index is 0.0160. The van der Waals surface area contributed by atoms with E-state index in [0.717, 1.165) is 30.6 Å². The number of halogens is 1. The van der Waals surface area contributed by atoms with Gasteiger partial charge in [0, 0.05) is 19.2 Å². The second kappa shape index (κ2) is 5.97. The van der Waals surface area contributed by atoms with E-state index in [1.54, 1.807) is 23.1 Å². The van der Waals surface area contributed by atoms with E-state index in [9.17, 15) is 9.18 Å². The number of carbonyl (C=O) groups is 1. The summed E-state index contributed by atoms with van der Waals surface area (Å²) in [5.41, 5.74) is 7.13. The number of benzene rings is 1. The molecule has 1 atom stereocenters. The average Bonchev–Trinajstić information content (AvgIpc) is 2.87. The smallest absolute Gasteiger partial charge is 0.246 e. The highest BCUT2D eigenvalue weighted by molar-refractivity contribution is 5.95. The number of rotatable bonds is 3. The Kier molecular flexibility index (Phi) is 4.32. The van der Waals surface area contributed by atoms with Gasteiger partial charge in [0.1, 0.15) is 5.82 Å². The van der Waals surface area contributed by atoms with E-state index in [1.165, 1.54) is 12.1 Å². The predicted molar refractivity (Wildman–Crippen MR) is 73.8 cm³/mol. The number of allylic oxidation sites excluding steroid dienone is 1. The van der Waals surface area contributed by atoms with Crippen molar-refractivity contribution in [1.29, 1.82) is 0 Å². The Hall–Kier alpha value is -1.68.